The van der Waals surface area contributed by atoms with E-state index in [1.807, 2.05) is 0 Å². The third-order valence-corrected chi connectivity index (χ3v) is 2.47. The van der Waals surface area contributed by atoms with Gasteiger partial charge in [-0.25, -0.2) is 4.90 Å². The van der Waals surface area contributed by atoms with E-state index in [2.05, 4.69) is 4.74 Å². The highest BCUT2D eigenvalue weighted by atomic mass is 19.3. The lowest BCUT2D eigenvalue weighted by atomic mass is 10.2. The predicted octanol–water partition coefficient (Wildman–Crippen LogP) is 2.17. The summed E-state index contributed by atoms with van der Waals surface area (Å²) >= 11 is 0. The highest BCUT2D eigenvalue weighted by Crippen LogP contribution is 2.20. The van der Waals surface area contributed by atoms with Gasteiger partial charge in [-0.05, 0) is 24.3 Å². The number of hydrogen-bond acceptors (Lipinski definition) is 4. The van der Waals surface area contributed by atoms with Crippen LogP contribution in [0.25, 0.3) is 0 Å². The van der Waals surface area contributed by atoms with Gasteiger partial charge in [-0.1, -0.05) is 0 Å². The Morgan fingerprint density at radius 1 is 0.952 bits per heavy atom. The zero-order valence-electron chi connectivity index (χ0n) is 10.2. The van der Waals surface area contributed by atoms with Gasteiger partial charge in [-0.3, -0.25) is 14.4 Å². The first-order valence-corrected chi connectivity index (χ1v) is 5.49. The zero-order chi connectivity index (χ0) is 15.6. The fourth-order valence-corrected chi connectivity index (χ4v) is 1.54. The van der Waals surface area contributed by atoms with Gasteiger partial charge < -0.3 is 4.74 Å². The van der Waals surface area contributed by atoms with Crippen molar-refractivity contribution >= 4 is 17.7 Å². The van der Waals surface area contributed by atoms with Crippen molar-refractivity contribution in [2.24, 2.45) is 0 Å². The number of carbonyl (C=O) groups is 3. The van der Waals surface area contributed by atoms with Crippen LogP contribution in [0.5, 0.6) is 5.75 Å². The minimum Gasteiger partial charge on any atom is -0.428 e. The molecule has 0 aromatic heterocycles. The van der Waals surface area contributed by atoms with Gasteiger partial charge in [0.15, 0.2) is 0 Å². The van der Waals surface area contributed by atoms with Gasteiger partial charge in [-0.2, -0.15) is 13.2 Å². The first kappa shape index (κ1) is 14.5. The van der Waals surface area contributed by atoms with E-state index in [0.29, 0.717) is 4.90 Å². The normalized spacial score (nSPS) is 13.6. The molecule has 0 aliphatic carbocycles. The molecule has 108 valence electrons. The van der Waals surface area contributed by atoms with E-state index in [1.54, 1.807) is 0 Å². The molecule has 0 unspecified atom stereocenters. The highest BCUT2D eigenvalue weighted by Gasteiger charge is 2.30. The lowest BCUT2D eigenvalue weighted by Gasteiger charge is -2.11. The second-order valence-electron chi connectivity index (χ2n) is 3.81. The van der Waals surface area contributed by atoms with Crippen LogP contribution < -0.4 is 4.74 Å². The molecule has 1 aliphatic rings. The number of hydrogen-bond donors (Lipinski definition) is 0. The molecular weight excluding hydrogens is 291 g/mol. The molecule has 1 aromatic carbocycles. The Morgan fingerprint density at radius 3 is 1.95 bits per heavy atom. The lowest BCUT2D eigenvalue weighted by Crippen LogP contribution is -2.36. The van der Waals surface area contributed by atoms with E-state index in [0.717, 1.165) is 36.4 Å². The van der Waals surface area contributed by atoms with Gasteiger partial charge in [0.05, 0.1) is 0 Å². The first-order valence-electron chi connectivity index (χ1n) is 5.49. The van der Waals surface area contributed by atoms with Crippen LogP contribution in [-0.4, -0.2) is 22.6 Å². The number of halogens is 3. The van der Waals surface area contributed by atoms with Crippen molar-refractivity contribution in [3.05, 3.63) is 54.1 Å². The molecule has 8 heteroatoms. The third-order valence-electron chi connectivity index (χ3n) is 2.47. The Kier molecular flexibility index (Phi) is 3.88. The summed E-state index contributed by atoms with van der Waals surface area (Å²) in [5, 5.41) is 0. The maximum absolute atomic E-state index is 12.6. The molecule has 21 heavy (non-hydrogen) atoms. The van der Waals surface area contributed by atoms with Gasteiger partial charge in [0, 0.05) is 17.7 Å². The Morgan fingerprint density at radius 2 is 1.48 bits per heavy atom. The predicted molar refractivity (Wildman–Crippen MR) is 62.7 cm³/mol. The van der Waals surface area contributed by atoms with Gasteiger partial charge >= 0.3 is 12.1 Å². The first-order chi connectivity index (χ1) is 9.90. The Bertz CT molecular complexity index is 657. The van der Waals surface area contributed by atoms with Crippen molar-refractivity contribution < 1.29 is 32.3 Å². The van der Waals surface area contributed by atoms with Crippen LogP contribution in [0.3, 0.4) is 0 Å². The van der Waals surface area contributed by atoms with E-state index in [1.165, 1.54) is 0 Å². The Balaban J connectivity index is 2.16. The van der Waals surface area contributed by atoms with Crippen LogP contribution in [0.2, 0.25) is 0 Å². The van der Waals surface area contributed by atoms with Crippen molar-refractivity contribution in [1.82, 2.24) is 4.90 Å². The minimum atomic E-state index is -2.62. The van der Waals surface area contributed by atoms with E-state index >= 15 is 0 Å². The highest BCUT2D eigenvalue weighted by molar-refractivity contribution is 6.25. The summed E-state index contributed by atoms with van der Waals surface area (Å²) in [6.45, 7) is 0. The lowest BCUT2D eigenvalue weighted by molar-refractivity contribution is -0.133. The quantitative estimate of drug-likeness (QED) is 0.633. The average molecular weight is 297 g/mol. The summed E-state index contributed by atoms with van der Waals surface area (Å²) in [5.41, 5.74) is -0.0575. The smallest absolute Gasteiger partial charge is 0.344 e. The van der Waals surface area contributed by atoms with E-state index in [4.69, 9.17) is 0 Å². The molecule has 0 bridgehead atoms. The number of carbonyl (C=O) groups excluding carboxylic acids is 3. The summed E-state index contributed by atoms with van der Waals surface area (Å²) in [4.78, 5) is 35.0. The second-order valence-corrected chi connectivity index (χ2v) is 3.81. The maximum atomic E-state index is 12.6. The number of rotatable bonds is 3. The molecule has 1 aliphatic heterocycles. The molecule has 1 aromatic rings. The monoisotopic (exact) mass is 297 g/mol. The molecule has 2 rings (SSSR count). The summed E-state index contributed by atoms with van der Waals surface area (Å²) in [6, 6.07) is 2.27. The summed E-state index contributed by atoms with van der Waals surface area (Å²) in [5.74, 6) is -2.71. The molecule has 0 saturated carbocycles. The average Bonchev–Trinajstić information content (AvgIpc) is 2.78. The van der Waals surface area contributed by atoms with Crippen molar-refractivity contribution in [1.29, 1.82) is 0 Å². The topological polar surface area (TPSA) is 63.7 Å². The molecule has 0 fully saturated rings. The fourth-order valence-electron chi connectivity index (χ4n) is 1.54. The van der Waals surface area contributed by atoms with Crippen LogP contribution in [0.4, 0.5) is 13.2 Å². The number of ether oxygens (including phenoxy) is 1. The third kappa shape index (κ3) is 2.99. The minimum absolute atomic E-state index is 0.0575. The number of imide groups is 3. The molecule has 1 heterocycles. The molecule has 0 atom stereocenters. The second kappa shape index (κ2) is 5.61. The fraction of sp³-hybridized carbons (Fsp3) is 0. The van der Waals surface area contributed by atoms with Gasteiger partial charge in [-0.15, -0.1) is 0 Å². The van der Waals surface area contributed by atoms with Gasteiger partial charge in [0.1, 0.15) is 5.75 Å². The molecular formula is C13H6F3NO4. The van der Waals surface area contributed by atoms with Crippen LogP contribution in [0.1, 0.15) is 10.4 Å². The van der Waals surface area contributed by atoms with E-state index in [9.17, 15) is 27.6 Å². The van der Waals surface area contributed by atoms with Crippen molar-refractivity contribution in [2.75, 3.05) is 0 Å². The molecule has 0 radical (unpaired) electrons. The Hall–Kier alpha value is -2.90. The van der Waals surface area contributed by atoms with Gasteiger partial charge in [0.25, 0.3) is 17.7 Å². The number of nitrogens with zero attached hydrogens (tertiary/aromatic N) is 1. The van der Waals surface area contributed by atoms with Crippen molar-refractivity contribution in [3.63, 3.8) is 0 Å². The molecule has 5 nitrogen and oxygen atoms in total. The van der Waals surface area contributed by atoms with Crippen LogP contribution in [-0.2, 0) is 9.59 Å². The SMILES string of the molecule is O=C1C=CC(=O)N1C(=O)c1ccc(OC(F)=C(F)F)cc1. The molecule has 3 amide bonds. The largest absolute Gasteiger partial charge is 0.428 e. The van der Waals surface area contributed by atoms with Gasteiger partial charge in [0.2, 0.25) is 0 Å². The molecule has 0 N–H and O–H groups in total. The number of amides is 3. The van der Waals surface area contributed by atoms with E-state index in [-0.39, 0.29) is 11.3 Å². The van der Waals surface area contributed by atoms with Crippen molar-refractivity contribution in [2.45, 2.75) is 0 Å². The van der Waals surface area contributed by atoms with E-state index < -0.39 is 29.8 Å². The van der Waals surface area contributed by atoms with Crippen LogP contribution >= 0.6 is 0 Å². The Labute approximate surface area is 115 Å². The number of benzene rings is 1. The summed E-state index contributed by atoms with van der Waals surface area (Å²) in [6.07, 6.45) is -0.724. The zero-order valence-corrected chi connectivity index (χ0v) is 10.2. The summed E-state index contributed by atoms with van der Waals surface area (Å²) in [7, 11) is 0. The standard InChI is InChI=1S/C13H6F3NO4/c14-11(15)12(16)21-8-3-1-7(2-4-8)13(20)17-9(18)5-6-10(17)19/h1-6H. The maximum Gasteiger partial charge on any atom is 0.344 e. The van der Waals surface area contributed by atoms with Crippen molar-refractivity contribution in [3.8, 4) is 5.75 Å². The summed E-state index contributed by atoms with van der Waals surface area (Å²) < 4.78 is 40.4. The molecule has 0 saturated heterocycles. The molecule has 0 spiro atoms. The van der Waals surface area contributed by atoms with Crippen LogP contribution in [0.15, 0.2) is 48.5 Å². The van der Waals surface area contributed by atoms with Crippen LogP contribution in [0, 0.1) is 0 Å².